The Labute approximate surface area is 102 Å². The van der Waals surface area contributed by atoms with E-state index in [0.717, 1.165) is 5.56 Å². The first-order valence-electron chi connectivity index (χ1n) is 6.09. The van der Waals surface area contributed by atoms with E-state index in [1.807, 2.05) is 12.1 Å². The fraction of sp³-hybridized carbons (Fsp3) is 0.538. The first kappa shape index (κ1) is 12.4. The van der Waals surface area contributed by atoms with E-state index < -0.39 is 6.10 Å². The second kappa shape index (κ2) is 5.49. The molecule has 1 aromatic rings. The SMILES string of the molecule is Nc1ccc(C(O)CN(CCO)C2CC2)cc1. The minimum absolute atomic E-state index is 0.144. The van der Waals surface area contributed by atoms with E-state index in [1.54, 1.807) is 12.1 Å². The molecule has 0 saturated heterocycles. The zero-order valence-electron chi connectivity index (χ0n) is 9.92. The van der Waals surface area contributed by atoms with Gasteiger partial charge < -0.3 is 15.9 Å². The molecular weight excluding hydrogens is 216 g/mol. The molecule has 94 valence electrons. The summed E-state index contributed by atoms with van der Waals surface area (Å²) in [6.45, 7) is 1.36. The predicted molar refractivity (Wildman–Crippen MR) is 67.5 cm³/mol. The smallest absolute Gasteiger partial charge is 0.0917 e. The van der Waals surface area contributed by atoms with Gasteiger partial charge in [-0.2, -0.15) is 0 Å². The van der Waals surface area contributed by atoms with E-state index in [-0.39, 0.29) is 6.61 Å². The Kier molecular flexibility index (Phi) is 3.99. The summed E-state index contributed by atoms with van der Waals surface area (Å²) in [5, 5.41) is 19.1. The predicted octanol–water partition coefficient (Wildman–Crippen LogP) is 0.759. The van der Waals surface area contributed by atoms with E-state index in [4.69, 9.17) is 10.8 Å². The van der Waals surface area contributed by atoms with Gasteiger partial charge in [0.25, 0.3) is 0 Å². The van der Waals surface area contributed by atoms with Crippen LogP contribution in [0.2, 0.25) is 0 Å². The molecule has 0 radical (unpaired) electrons. The fourth-order valence-electron chi connectivity index (χ4n) is 2.04. The third kappa shape index (κ3) is 3.43. The molecule has 1 unspecified atom stereocenters. The molecule has 4 heteroatoms. The lowest BCUT2D eigenvalue weighted by Gasteiger charge is -2.24. The molecule has 0 spiro atoms. The van der Waals surface area contributed by atoms with Crippen molar-refractivity contribution in [2.75, 3.05) is 25.4 Å². The Balaban J connectivity index is 1.94. The maximum absolute atomic E-state index is 10.1. The molecule has 1 aromatic carbocycles. The van der Waals surface area contributed by atoms with E-state index in [2.05, 4.69) is 4.90 Å². The first-order chi connectivity index (χ1) is 8.20. The van der Waals surface area contributed by atoms with Crippen LogP contribution in [0.25, 0.3) is 0 Å². The van der Waals surface area contributed by atoms with Crippen LogP contribution in [0.15, 0.2) is 24.3 Å². The van der Waals surface area contributed by atoms with Crippen LogP contribution in [0, 0.1) is 0 Å². The molecule has 4 N–H and O–H groups in total. The molecular formula is C13H20N2O2. The average molecular weight is 236 g/mol. The molecule has 1 aliphatic carbocycles. The molecule has 0 bridgehead atoms. The highest BCUT2D eigenvalue weighted by atomic mass is 16.3. The van der Waals surface area contributed by atoms with Crippen molar-refractivity contribution in [3.8, 4) is 0 Å². The Bertz CT molecular complexity index is 349. The van der Waals surface area contributed by atoms with Crippen LogP contribution in [0.3, 0.4) is 0 Å². The molecule has 1 aliphatic rings. The van der Waals surface area contributed by atoms with Gasteiger partial charge in [0.15, 0.2) is 0 Å². The van der Waals surface area contributed by atoms with Crippen LogP contribution in [-0.2, 0) is 0 Å². The van der Waals surface area contributed by atoms with Crippen molar-refractivity contribution in [1.82, 2.24) is 4.90 Å². The zero-order valence-corrected chi connectivity index (χ0v) is 9.92. The van der Waals surface area contributed by atoms with Gasteiger partial charge in [-0.05, 0) is 30.5 Å². The largest absolute Gasteiger partial charge is 0.399 e. The van der Waals surface area contributed by atoms with Crippen molar-refractivity contribution in [1.29, 1.82) is 0 Å². The normalized spacial score (nSPS) is 17.4. The summed E-state index contributed by atoms with van der Waals surface area (Å²) >= 11 is 0. The van der Waals surface area contributed by atoms with Crippen LogP contribution in [-0.4, -0.2) is 40.9 Å². The fourth-order valence-corrected chi connectivity index (χ4v) is 2.04. The summed E-state index contributed by atoms with van der Waals surface area (Å²) in [7, 11) is 0. The Hall–Kier alpha value is -1.10. The number of nitrogen functional groups attached to an aromatic ring is 1. The minimum atomic E-state index is -0.511. The van der Waals surface area contributed by atoms with Gasteiger partial charge in [0.2, 0.25) is 0 Å². The zero-order chi connectivity index (χ0) is 12.3. The van der Waals surface area contributed by atoms with Crippen molar-refractivity contribution in [2.45, 2.75) is 25.0 Å². The van der Waals surface area contributed by atoms with Crippen LogP contribution < -0.4 is 5.73 Å². The quantitative estimate of drug-likeness (QED) is 0.638. The summed E-state index contributed by atoms with van der Waals surface area (Å²) in [6.07, 6.45) is 1.84. The van der Waals surface area contributed by atoms with E-state index in [0.29, 0.717) is 24.8 Å². The molecule has 0 aromatic heterocycles. The molecule has 1 fully saturated rings. The molecule has 0 aliphatic heterocycles. The van der Waals surface area contributed by atoms with E-state index in [1.165, 1.54) is 12.8 Å². The molecule has 2 rings (SSSR count). The second-order valence-electron chi connectivity index (χ2n) is 4.63. The van der Waals surface area contributed by atoms with Crippen molar-refractivity contribution < 1.29 is 10.2 Å². The summed E-state index contributed by atoms with van der Waals surface area (Å²) in [4.78, 5) is 2.15. The third-order valence-electron chi connectivity index (χ3n) is 3.18. The van der Waals surface area contributed by atoms with Crippen LogP contribution in [0.1, 0.15) is 24.5 Å². The van der Waals surface area contributed by atoms with E-state index >= 15 is 0 Å². The number of nitrogens with zero attached hydrogens (tertiary/aromatic N) is 1. The molecule has 0 heterocycles. The van der Waals surface area contributed by atoms with Gasteiger partial charge in [-0.25, -0.2) is 0 Å². The lowest BCUT2D eigenvalue weighted by Crippen LogP contribution is -2.33. The highest BCUT2D eigenvalue weighted by Gasteiger charge is 2.29. The third-order valence-corrected chi connectivity index (χ3v) is 3.18. The highest BCUT2D eigenvalue weighted by molar-refractivity contribution is 5.39. The van der Waals surface area contributed by atoms with Gasteiger partial charge in [0, 0.05) is 24.8 Å². The number of aliphatic hydroxyl groups is 2. The molecule has 1 atom stereocenters. The number of aliphatic hydroxyl groups excluding tert-OH is 2. The standard InChI is InChI=1S/C13H20N2O2/c14-11-3-1-10(2-4-11)13(17)9-15(7-8-16)12-5-6-12/h1-4,12-13,16-17H,5-9,14H2. The second-order valence-corrected chi connectivity index (χ2v) is 4.63. The van der Waals surface area contributed by atoms with Gasteiger partial charge >= 0.3 is 0 Å². The Morgan fingerprint density at radius 3 is 2.47 bits per heavy atom. The molecule has 17 heavy (non-hydrogen) atoms. The number of hydrogen-bond acceptors (Lipinski definition) is 4. The van der Waals surface area contributed by atoms with Crippen LogP contribution >= 0.6 is 0 Å². The maximum Gasteiger partial charge on any atom is 0.0917 e. The highest BCUT2D eigenvalue weighted by Crippen LogP contribution is 2.28. The maximum atomic E-state index is 10.1. The van der Waals surface area contributed by atoms with Crippen molar-refractivity contribution in [3.05, 3.63) is 29.8 Å². The van der Waals surface area contributed by atoms with Crippen LogP contribution in [0.4, 0.5) is 5.69 Å². The number of benzene rings is 1. The summed E-state index contributed by atoms with van der Waals surface area (Å²) in [5.41, 5.74) is 7.19. The lowest BCUT2D eigenvalue weighted by atomic mass is 10.1. The number of rotatable bonds is 6. The minimum Gasteiger partial charge on any atom is -0.399 e. The Morgan fingerprint density at radius 1 is 1.29 bits per heavy atom. The number of nitrogens with two attached hydrogens (primary N) is 1. The Morgan fingerprint density at radius 2 is 1.94 bits per heavy atom. The van der Waals surface area contributed by atoms with Crippen molar-refractivity contribution in [3.63, 3.8) is 0 Å². The lowest BCUT2D eigenvalue weighted by molar-refractivity contribution is 0.0952. The molecule has 4 nitrogen and oxygen atoms in total. The van der Waals surface area contributed by atoms with Gasteiger partial charge in [-0.3, -0.25) is 4.90 Å². The number of hydrogen-bond donors (Lipinski definition) is 3. The summed E-state index contributed by atoms with van der Waals surface area (Å²) in [6, 6.07) is 7.84. The van der Waals surface area contributed by atoms with Gasteiger partial charge in [-0.1, -0.05) is 12.1 Å². The van der Waals surface area contributed by atoms with E-state index in [9.17, 15) is 5.11 Å². The summed E-state index contributed by atoms with van der Waals surface area (Å²) in [5.74, 6) is 0. The molecule has 0 amide bonds. The first-order valence-corrected chi connectivity index (χ1v) is 6.09. The molecule has 1 saturated carbocycles. The van der Waals surface area contributed by atoms with Crippen LogP contribution in [0.5, 0.6) is 0 Å². The van der Waals surface area contributed by atoms with Gasteiger partial charge in [-0.15, -0.1) is 0 Å². The topological polar surface area (TPSA) is 69.7 Å². The average Bonchev–Trinajstić information content (AvgIpc) is 3.13. The van der Waals surface area contributed by atoms with Gasteiger partial charge in [0.1, 0.15) is 0 Å². The number of anilines is 1. The van der Waals surface area contributed by atoms with Crippen molar-refractivity contribution >= 4 is 5.69 Å². The van der Waals surface area contributed by atoms with Gasteiger partial charge in [0.05, 0.1) is 12.7 Å². The van der Waals surface area contributed by atoms with Crippen molar-refractivity contribution in [2.24, 2.45) is 0 Å². The summed E-state index contributed by atoms with van der Waals surface area (Å²) < 4.78 is 0. The monoisotopic (exact) mass is 236 g/mol.